The van der Waals surface area contributed by atoms with Crippen molar-refractivity contribution < 1.29 is 0 Å². The molecule has 0 bridgehead atoms. The van der Waals surface area contributed by atoms with Gasteiger partial charge in [-0.1, -0.05) is 25.4 Å². The number of hydrogen-bond donors (Lipinski definition) is 1. The average Bonchev–Trinajstić information content (AvgIpc) is 2.28. The van der Waals surface area contributed by atoms with E-state index in [4.69, 9.17) is 17.3 Å². The zero-order chi connectivity index (χ0) is 8.43. The normalized spacial score (nSPS) is 13.4. The van der Waals surface area contributed by atoms with Gasteiger partial charge < -0.3 is 5.73 Å². The monoisotopic (exact) mass is 190 g/mol. The van der Waals surface area contributed by atoms with E-state index in [0.29, 0.717) is 16.2 Å². The molecule has 2 N–H and O–H groups in total. The lowest BCUT2D eigenvalue weighted by molar-refractivity contribution is 0.746. The summed E-state index contributed by atoms with van der Waals surface area (Å²) >= 11 is 7.32. The second-order valence-electron chi connectivity index (χ2n) is 2.52. The van der Waals surface area contributed by atoms with Crippen LogP contribution in [-0.4, -0.2) is 4.98 Å². The summed E-state index contributed by atoms with van der Waals surface area (Å²) in [6.45, 7) is 4.25. The number of aromatic nitrogens is 1. The molecule has 1 rings (SSSR count). The van der Waals surface area contributed by atoms with Crippen LogP contribution in [0.3, 0.4) is 0 Å². The van der Waals surface area contributed by atoms with E-state index >= 15 is 0 Å². The molecule has 62 valence electrons. The first-order valence-corrected chi connectivity index (χ1v) is 4.76. The summed E-state index contributed by atoms with van der Waals surface area (Å²) < 4.78 is 0. The SMILES string of the molecule is CCC(C)c1sc(N)nc1Cl. The fraction of sp³-hybridized carbons (Fsp3) is 0.571. The van der Waals surface area contributed by atoms with Crippen LogP contribution in [-0.2, 0) is 0 Å². The van der Waals surface area contributed by atoms with E-state index in [2.05, 4.69) is 18.8 Å². The minimum atomic E-state index is 0.470. The van der Waals surface area contributed by atoms with Gasteiger partial charge in [0.2, 0.25) is 0 Å². The Morgan fingerprint density at radius 1 is 1.73 bits per heavy atom. The van der Waals surface area contributed by atoms with Crippen LogP contribution in [0.1, 0.15) is 31.1 Å². The molecule has 1 aromatic rings. The highest BCUT2D eigenvalue weighted by Gasteiger charge is 2.12. The van der Waals surface area contributed by atoms with E-state index in [1.165, 1.54) is 11.3 Å². The van der Waals surface area contributed by atoms with Gasteiger partial charge in [-0.2, -0.15) is 0 Å². The molecule has 0 aliphatic rings. The van der Waals surface area contributed by atoms with E-state index in [9.17, 15) is 0 Å². The Labute approximate surface area is 75.4 Å². The van der Waals surface area contributed by atoms with E-state index < -0.39 is 0 Å². The Hall–Kier alpha value is -0.280. The molecule has 2 nitrogen and oxygen atoms in total. The summed E-state index contributed by atoms with van der Waals surface area (Å²) in [5, 5.41) is 1.13. The quantitative estimate of drug-likeness (QED) is 0.779. The van der Waals surface area contributed by atoms with Gasteiger partial charge in [0.25, 0.3) is 0 Å². The minimum Gasteiger partial charge on any atom is -0.375 e. The molecule has 1 atom stereocenters. The number of anilines is 1. The number of nitrogens with zero attached hydrogens (tertiary/aromatic N) is 1. The third-order valence-corrected chi connectivity index (χ3v) is 3.20. The molecular weight excluding hydrogens is 180 g/mol. The maximum atomic E-state index is 5.84. The van der Waals surface area contributed by atoms with E-state index in [1.807, 2.05) is 0 Å². The topological polar surface area (TPSA) is 38.9 Å². The third kappa shape index (κ3) is 1.84. The van der Waals surface area contributed by atoms with Crippen LogP contribution in [0.4, 0.5) is 5.13 Å². The zero-order valence-corrected chi connectivity index (χ0v) is 8.17. The molecular formula is C7H11ClN2S. The number of rotatable bonds is 2. The van der Waals surface area contributed by atoms with Gasteiger partial charge >= 0.3 is 0 Å². The molecule has 1 unspecified atom stereocenters. The number of nitrogen functional groups attached to an aromatic ring is 1. The molecule has 0 saturated heterocycles. The molecule has 0 amide bonds. The maximum absolute atomic E-state index is 5.84. The smallest absolute Gasteiger partial charge is 0.181 e. The zero-order valence-electron chi connectivity index (χ0n) is 6.60. The van der Waals surface area contributed by atoms with Crippen molar-refractivity contribution in [1.29, 1.82) is 0 Å². The van der Waals surface area contributed by atoms with Crippen molar-refractivity contribution in [1.82, 2.24) is 4.98 Å². The fourth-order valence-electron chi connectivity index (χ4n) is 0.819. The standard InChI is InChI=1S/C7H11ClN2S/c1-3-4(2)5-6(8)10-7(9)11-5/h4H,3H2,1-2H3,(H2,9,10). The summed E-state index contributed by atoms with van der Waals surface area (Å²) in [6, 6.07) is 0. The highest BCUT2D eigenvalue weighted by molar-refractivity contribution is 7.16. The van der Waals surface area contributed by atoms with Crippen LogP contribution in [0.25, 0.3) is 0 Å². The van der Waals surface area contributed by atoms with Crippen molar-refractivity contribution in [3.63, 3.8) is 0 Å². The second-order valence-corrected chi connectivity index (χ2v) is 3.94. The summed E-state index contributed by atoms with van der Waals surface area (Å²) in [5.41, 5.74) is 5.49. The molecule has 11 heavy (non-hydrogen) atoms. The molecule has 0 aromatic carbocycles. The summed E-state index contributed by atoms with van der Waals surface area (Å²) in [7, 11) is 0. The lowest BCUT2D eigenvalue weighted by Crippen LogP contribution is -1.86. The van der Waals surface area contributed by atoms with Crippen LogP contribution in [0.15, 0.2) is 0 Å². The highest BCUT2D eigenvalue weighted by Crippen LogP contribution is 2.32. The van der Waals surface area contributed by atoms with Gasteiger partial charge in [0, 0.05) is 4.88 Å². The molecule has 4 heteroatoms. The largest absolute Gasteiger partial charge is 0.375 e. The average molecular weight is 191 g/mol. The van der Waals surface area contributed by atoms with Crippen LogP contribution >= 0.6 is 22.9 Å². The van der Waals surface area contributed by atoms with Crippen molar-refractivity contribution >= 4 is 28.1 Å². The summed E-state index contributed by atoms with van der Waals surface area (Å²) in [4.78, 5) is 5.05. The number of thiazole rings is 1. The number of nitrogens with two attached hydrogens (primary N) is 1. The van der Waals surface area contributed by atoms with Crippen molar-refractivity contribution in [2.75, 3.05) is 5.73 Å². The Morgan fingerprint density at radius 3 is 2.73 bits per heavy atom. The molecule has 0 fully saturated rings. The molecule has 0 radical (unpaired) electrons. The number of hydrogen-bond acceptors (Lipinski definition) is 3. The first-order chi connectivity index (χ1) is 5.15. The summed E-state index contributed by atoms with van der Waals surface area (Å²) in [5.74, 6) is 0.470. The Morgan fingerprint density at radius 2 is 2.36 bits per heavy atom. The predicted molar refractivity (Wildman–Crippen MR) is 50.2 cm³/mol. The third-order valence-electron chi connectivity index (χ3n) is 1.69. The van der Waals surface area contributed by atoms with Crippen molar-refractivity contribution in [2.24, 2.45) is 0 Å². The van der Waals surface area contributed by atoms with Crippen LogP contribution in [0.2, 0.25) is 5.15 Å². The van der Waals surface area contributed by atoms with Gasteiger partial charge in [-0.3, -0.25) is 0 Å². The molecule has 1 aromatic heterocycles. The molecule has 0 aliphatic carbocycles. The Bertz CT molecular complexity index is 247. The molecule has 1 heterocycles. The van der Waals surface area contributed by atoms with Gasteiger partial charge in [0.1, 0.15) is 5.15 Å². The van der Waals surface area contributed by atoms with Crippen LogP contribution in [0, 0.1) is 0 Å². The van der Waals surface area contributed by atoms with Gasteiger partial charge in [0.15, 0.2) is 5.13 Å². The first-order valence-electron chi connectivity index (χ1n) is 3.56. The Balaban J connectivity index is 2.93. The highest BCUT2D eigenvalue weighted by atomic mass is 35.5. The van der Waals surface area contributed by atoms with Gasteiger partial charge in [-0.25, -0.2) is 4.98 Å². The van der Waals surface area contributed by atoms with Gasteiger partial charge in [0.05, 0.1) is 0 Å². The molecule has 0 aliphatic heterocycles. The molecule has 0 saturated carbocycles. The van der Waals surface area contributed by atoms with E-state index in [1.54, 1.807) is 0 Å². The number of halogens is 1. The fourth-order valence-corrected chi connectivity index (χ4v) is 2.12. The van der Waals surface area contributed by atoms with Crippen LogP contribution < -0.4 is 5.73 Å². The van der Waals surface area contributed by atoms with E-state index in [-0.39, 0.29) is 0 Å². The minimum absolute atomic E-state index is 0.470. The van der Waals surface area contributed by atoms with Gasteiger partial charge in [-0.05, 0) is 12.3 Å². The van der Waals surface area contributed by atoms with Crippen molar-refractivity contribution in [3.05, 3.63) is 10.0 Å². The lowest BCUT2D eigenvalue weighted by atomic mass is 10.1. The Kier molecular flexibility index (Phi) is 2.73. The summed E-state index contributed by atoms with van der Waals surface area (Å²) in [6.07, 6.45) is 1.07. The first kappa shape index (κ1) is 8.81. The van der Waals surface area contributed by atoms with Crippen molar-refractivity contribution in [2.45, 2.75) is 26.2 Å². The maximum Gasteiger partial charge on any atom is 0.181 e. The van der Waals surface area contributed by atoms with Crippen molar-refractivity contribution in [3.8, 4) is 0 Å². The van der Waals surface area contributed by atoms with Gasteiger partial charge in [-0.15, -0.1) is 11.3 Å². The van der Waals surface area contributed by atoms with E-state index in [0.717, 1.165) is 11.3 Å². The predicted octanol–water partition coefficient (Wildman–Crippen LogP) is 2.89. The lowest BCUT2D eigenvalue weighted by Gasteiger charge is -2.03. The second kappa shape index (κ2) is 3.41. The van der Waals surface area contributed by atoms with Crippen LogP contribution in [0.5, 0.6) is 0 Å². The molecule has 0 spiro atoms.